The fraction of sp³-hybridized carbons (Fsp3) is 0.500. The molecular formula is C18H21N3O3. The molecule has 1 fully saturated rings. The number of hydrogen-bond acceptors (Lipinski definition) is 5. The zero-order valence-corrected chi connectivity index (χ0v) is 13.8. The third-order valence-corrected chi connectivity index (χ3v) is 4.95. The first-order valence-corrected chi connectivity index (χ1v) is 8.47. The molecule has 1 aliphatic carbocycles. The van der Waals surface area contributed by atoms with Gasteiger partial charge in [0.05, 0.1) is 13.2 Å². The normalized spacial score (nSPS) is 23.3. The van der Waals surface area contributed by atoms with Crippen molar-refractivity contribution in [3.05, 3.63) is 47.2 Å². The van der Waals surface area contributed by atoms with Crippen LogP contribution in [0, 0.1) is 6.92 Å². The average molecular weight is 327 g/mol. The van der Waals surface area contributed by atoms with Gasteiger partial charge in [-0.25, -0.2) is 0 Å². The number of aryl methyl sites for hydroxylation is 2. The van der Waals surface area contributed by atoms with Crippen molar-refractivity contribution >= 4 is 5.91 Å². The van der Waals surface area contributed by atoms with E-state index < -0.39 is 0 Å². The lowest BCUT2D eigenvalue weighted by Gasteiger charge is -2.34. The van der Waals surface area contributed by atoms with Crippen LogP contribution < -0.4 is 0 Å². The number of benzene rings is 1. The molecule has 0 unspecified atom stereocenters. The van der Waals surface area contributed by atoms with E-state index in [1.54, 1.807) is 6.92 Å². The summed E-state index contributed by atoms with van der Waals surface area (Å²) in [4.78, 5) is 14.8. The molecule has 1 amide bonds. The summed E-state index contributed by atoms with van der Waals surface area (Å²) >= 11 is 0. The monoisotopic (exact) mass is 327 g/mol. The fourth-order valence-corrected chi connectivity index (χ4v) is 3.74. The van der Waals surface area contributed by atoms with Crippen molar-refractivity contribution in [2.24, 2.45) is 0 Å². The highest BCUT2D eigenvalue weighted by Gasteiger charge is 2.34. The zero-order chi connectivity index (χ0) is 16.5. The number of nitrogens with zero attached hydrogens (tertiary/aromatic N) is 3. The molecule has 0 radical (unpaired) electrons. The Morgan fingerprint density at radius 2 is 2.21 bits per heavy atom. The van der Waals surface area contributed by atoms with Crippen LogP contribution in [0.25, 0.3) is 0 Å². The van der Waals surface area contributed by atoms with Crippen molar-refractivity contribution < 1.29 is 13.9 Å². The van der Waals surface area contributed by atoms with E-state index in [1.165, 1.54) is 11.1 Å². The lowest BCUT2D eigenvalue weighted by Crippen LogP contribution is -2.43. The Balaban J connectivity index is 1.50. The van der Waals surface area contributed by atoms with Gasteiger partial charge in [-0.3, -0.25) is 4.79 Å². The first-order chi connectivity index (χ1) is 11.7. The van der Waals surface area contributed by atoms with Gasteiger partial charge >= 0.3 is 0 Å². The Labute approximate surface area is 140 Å². The van der Waals surface area contributed by atoms with Crippen LogP contribution in [0.2, 0.25) is 0 Å². The minimum absolute atomic E-state index is 0.140. The third kappa shape index (κ3) is 2.82. The van der Waals surface area contributed by atoms with Crippen molar-refractivity contribution in [1.82, 2.24) is 15.1 Å². The highest BCUT2D eigenvalue weighted by atomic mass is 16.5. The van der Waals surface area contributed by atoms with Gasteiger partial charge in [0.25, 0.3) is 0 Å². The second kappa shape index (κ2) is 6.36. The molecule has 1 aromatic carbocycles. The summed E-state index contributed by atoms with van der Waals surface area (Å²) in [6.45, 7) is 3.28. The highest BCUT2D eigenvalue weighted by molar-refractivity contribution is 5.78. The maximum absolute atomic E-state index is 12.9. The minimum atomic E-state index is -0.274. The molecular weight excluding hydrogens is 306 g/mol. The Hall–Kier alpha value is -2.21. The van der Waals surface area contributed by atoms with E-state index in [-0.39, 0.29) is 11.9 Å². The topological polar surface area (TPSA) is 68.5 Å². The Morgan fingerprint density at radius 1 is 1.33 bits per heavy atom. The average Bonchev–Trinajstić information content (AvgIpc) is 3.22. The number of hydrogen-bond donors (Lipinski definition) is 0. The largest absolute Gasteiger partial charge is 0.423 e. The van der Waals surface area contributed by atoms with Gasteiger partial charge in [-0.05, 0) is 29.9 Å². The molecule has 0 spiro atoms. The second-order valence-corrected chi connectivity index (χ2v) is 6.48. The van der Waals surface area contributed by atoms with Gasteiger partial charge in [-0.15, -0.1) is 10.2 Å². The van der Waals surface area contributed by atoms with Gasteiger partial charge in [0.2, 0.25) is 17.7 Å². The van der Waals surface area contributed by atoms with Crippen molar-refractivity contribution in [3.63, 3.8) is 0 Å². The molecule has 2 heterocycles. The van der Waals surface area contributed by atoms with Gasteiger partial charge in [0.1, 0.15) is 6.04 Å². The molecule has 2 aliphatic rings. The van der Waals surface area contributed by atoms with Crippen LogP contribution in [0.3, 0.4) is 0 Å². The van der Waals surface area contributed by atoms with Gasteiger partial charge in [-0.2, -0.15) is 0 Å². The predicted molar refractivity (Wildman–Crippen MR) is 86.4 cm³/mol. The number of carbonyl (C=O) groups is 1. The molecule has 2 aromatic rings. The van der Waals surface area contributed by atoms with Crippen molar-refractivity contribution in [3.8, 4) is 0 Å². The van der Waals surface area contributed by atoms with Gasteiger partial charge in [-0.1, -0.05) is 24.3 Å². The predicted octanol–water partition coefficient (Wildman–Crippen LogP) is 2.40. The smallest absolute Gasteiger partial charge is 0.241 e. The minimum Gasteiger partial charge on any atom is -0.423 e. The van der Waals surface area contributed by atoms with E-state index in [9.17, 15) is 4.79 Å². The fourth-order valence-electron chi connectivity index (χ4n) is 3.74. The zero-order valence-electron chi connectivity index (χ0n) is 13.8. The van der Waals surface area contributed by atoms with Gasteiger partial charge in [0.15, 0.2) is 0 Å². The first-order valence-electron chi connectivity index (χ1n) is 8.47. The number of fused-ring (bicyclic) bond motifs is 1. The molecule has 1 saturated heterocycles. The van der Waals surface area contributed by atoms with E-state index in [1.807, 2.05) is 4.90 Å². The summed E-state index contributed by atoms with van der Waals surface area (Å²) in [5, 5.41) is 7.96. The van der Waals surface area contributed by atoms with Crippen LogP contribution in [0.15, 0.2) is 28.7 Å². The quantitative estimate of drug-likeness (QED) is 0.866. The number of morpholine rings is 1. The van der Waals surface area contributed by atoms with Gasteiger partial charge in [0, 0.05) is 19.9 Å². The molecule has 6 heteroatoms. The third-order valence-electron chi connectivity index (χ3n) is 4.95. The standard InChI is InChI=1S/C18H21N3O3/c1-12-19-20-18(24-12)16-11-23-9-8-21(16)17(22)10-14-7-6-13-4-2-3-5-15(13)14/h2-5,14,16H,6-11H2,1H3/t14-,16-/m0/s1. The molecule has 126 valence electrons. The molecule has 24 heavy (non-hydrogen) atoms. The van der Waals surface area contributed by atoms with Crippen molar-refractivity contribution in [2.75, 3.05) is 19.8 Å². The molecule has 4 rings (SSSR count). The summed E-state index contributed by atoms with van der Waals surface area (Å²) in [6.07, 6.45) is 2.63. The Morgan fingerprint density at radius 3 is 3.04 bits per heavy atom. The van der Waals surface area contributed by atoms with E-state index in [0.29, 0.717) is 43.9 Å². The van der Waals surface area contributed by atoms with E-state index in [2.05, 4.69) is 34.5 Å². The molecule has 1 aromatic heterocycles. The second-order valence-electron chi connectivity index (χ2n) is 6.48. The van der Waals surface area contributed by atoms with Crippen LogP contribution in [0.1, 0.15) is 47.7 Å². The van der Waals surface area contributed by atoms with Crippen LogP contribution in [0.4, 0.5) is 0 Å². The Kier molecular flexibility index (Phi) is 4.06. The summed E-state index contributed by atoms with van der Waals surface area (Å²) in [5.74, 6) is 1.42. The van der Waals surface area contributed by atoms with Crippen LogP contribution in [-0.2, 0) is 16.0 Å². The highest BCUT2D eigenvalue weighted by Crippen LogP contribution is 2.36. The number of carbonyl (C=O) groups excluding carboxylic acids is 1. The number of ether oxygens (including phenoxy) is 1. The molecule has 6 nitrogen and oxygen atoms in total. The Bertz CT molecular complexity index is 743. The van der Waals surface area contributed by atoms with E-state index in [4.69, 9.17) is 9.15 Å². The summed E-state index contributed by atoms with van der Waals surface area (Å²) < 4.78 is 11.1. The molecule has 0 bridgehead atoms. The van der Waals surface area contributed by atoms with Crippen molar-refractivity contribution in [1.29, 1.82) is 0 Å². The van der Waals surface area contributed by atoms with Gasteiger partial charge < -0.3 is 14.1 Å². The van der Waals surface area contributed by atoms with E-state index in [0.717, 1.165) is 12.8 Å². The number of rotatable bonds is 3. The van der Waals surface area contributed by atoms with Crippen LogP contribution in [0.5, 0.6) is 0 Å². The van der Waals surface area contributed by atoms with Crippen molar-refractivity contribution in [2.45, 2.75) is 38.1 Å². The summed E-state index contributed by atoms with van der Waals surface area (Å²) in [6, 6.07) is 8.17. The molecule has 0 saturated carbocycles. The molecule has 2 atom stereocenters. The molecule has 1 aliphatic heterocycles. The maximum atomic E-state index is 12.9. The summed E-state index contributed by atoms with van der Waals surface area (Å²) in [7, 11) is 0. The lowest BCUT2D eigenvalue weighted by atomic mass is 9.97. The maximum Gasteiger partial charge on any atom is 0.241 e. The van der Waals surface area contributed by atoms with Crippen LogP contribution in [-0.4, -0.2) is 40.8 Å². The number of amides is 1. The number of aromatic nitrogens is 2. The van der Waals surface area contributed by atoms with E-state index >= 15 is 0 Å². The lowest BCUT2D eigenvalue weighted by molar-refractivity contribution is -0.141. The first kappa shape index (κ1) is 15.3. The summed E-state index contributed by atoms with van der Waals surface area (Å²) in [5.41, 5.74) is 2.70. The molecule has 0 N–H and O–H groups in total. The SMILES string of the molecule is Cc1nnc([C@@H]2COCCN2C(=O)C[C@@H]2CCc3ccccc32)o1. The van der Waals surface area contributed by atoms with Crippen LogP contribution >= 0.6 is 0 Å².